The Morgan fingerprint density at radius 1 is 1.43 bits per heavy atom. The van der Waals surface area contributed by atoms with Gasteiger partial charge in [0, 0.05) is 12.0 Å². The normalized spacial score (nSPS) is 37.6. The van der Waals surface area contributed by atoms with E-state index in [1.165, 1.54) is 45.1 Å². The maximum atomic E-state index is 3.39. The van der Waals surface area contributed by atoms with E-state index in [-0.39, 0.29) is 0 Å². The molecule has 0 aliphatic heterocycles. The van der Waals surface area contributed by atoms with Gasteiger partial charge in [-0.05, 0) is 51.5 Å². The van der Waals surface area contributed by atoms with Crippen molar-refractivity contribution in [2.45, 2.75) is 45.4 Å². The molecular formula is C13H23N. The van der Waals surface area contributed by atoms with E-state index in [0.29, 0.717) is 5.41 Å². The van der Waals surface area contributed by atoms with Gasteiger partial charge in [0.25, 0.3) is 0 Å². The Balaban J connectivity index is 2.06. The summed E-state index contributed by atoms with van der Waals surface area (Å²) in [5.74, 6) is 0.950. The smallest absolute Gasteiger partial charge is 0.00424 e. The lowest BCUT2D eigenvalue weighted by Gasteiger charge is -2.49. The van der Waals surface area contributed by atoms with Gasteiger partial charge in [0.2, 0.25) is 0 Å². The molecule has 0 atom stereocenters. The Morgan fingerprint density at radius 2 is 2.21 bits per heavy atom. The molecule has 1 nitrogen and oxygen atoms in total. The van der Waals surface area contributed by atoms with Gasteiger partial charge in [-0.3, -0.25) is 0 Å². The highest BCUT2D eigenvalue weighted by molar-refractivity contribution is 5.21. The average molecular weight is 193 g/mol. The first-order chi connectivity index (χ1) is 6.77. The fourth-order valence-electron chi connectivity index (χ4n) is 3.45. The van der Waals surface area contributed by atoms with Crippen LogP contribution in [0.25, 0.3) is 0 Å². The number of hydrogen-bond acceptors (Lipinski definition) is 1. The fraction of sp³-hybridized carbons (Fsp3) is 0.846. The van der Waals surface area contributed by atoms with Gasteiger partial charge >= 0.3 is 0 Å². The molecule has 0 aromatic heterocycles. The van der Waals surface area contributed by atoms with Gasteiger partial charge < -0.3 is 5.32 Å². The molecule has 1 heteroatoms. The van der Waals surface area contributed by atoms with Gasteiger partial charge in [-0.15, -0.1) is 0 Å². The van der Waals surface area contributed by atoms with E-state index >= 15 is 0 Å². The lowest BCUT2D eigenvalue weighted by molar-refractivity contribution is 0.103. The Bertz CT molecular complexity index is 218. The molecule has 2 rings (SSSR count). The maximum absolute atomic E-state index is 3.39. The first kappa shape index (κ1) is 10.2. The lowest BCUT2D eigenvalue weighted by Crippen LogP contribution is -2.45. The van der Waals surface area contributed by atoms with E-state index in [0.717, 1.165) is 5.92 Å². The van der Waals surface area contributed by atoms with Gasteiger partial charge in [0.15, 0.2) is 0 Å². The Kier molecular flexibility index (Phi) is 2.96. The Hall–Kier alpha value is -0.300. The van der Waals surface area contributed by atoms with Crippen LogP contribution in [-0.2, 0) is 0 Å². The third-order valence-corrected chi connectivity index (χ3v) is 3.97. The minimum absolute atomic E-state index is 0.564. The standard InChI is InChI=1S/C13H23N/c1-11-8-13(9-11,10-14-2)12-6-4-3-5-7-12/h6,11,14H,3-5,7-10H2,1-2H3. The van der Waals surface area contributed by atoms with E-state index in [2.05, 4.69) is 25.4 Å². The zero-order valence-electron chi connectivity index (χ0n) is 9.60. The summed E-state index contributed by atoms with van der Waals surface area (Å²) in [7, 11) is 2.09. The number of rotatable bonds is 3. The molecule has 0 aromatic carbocycles. The minimum atomic E-state index is 0.564. The van der Waals surface area contributed by atoms with Crippen molar-refractivity contribution < 1.29 is 0 Å². The average Bonchev–Trinajstić information content (AvgIpc) is 2.17. The van der Waals surface area contributed by atoms with Gasteiger partial charge in [-0.2, -0.15) is 0 Å². The van der Waals surface area contributed by atoms with Gasteiger partial charge in [-0.1, -0.05) is 18.6 Å². The molecule has 1 saturated carbocycles. The van der Waals surface area contributed by atoms with Gasteiger partial charge in [0.05, 0.1) is 0 Å². The fourth-order valence-corrected chi connectivity index (χ4v) is 3.45. The zero-order chi connectivity index (χ0) is 10.0. The van der Waals surface area contributed by atoms with Gasteiger partial charge in [0.1, 0.15) is 0 Å². The quantitative estimate of drug-likeness (QED) is 0.679. The molecule has 0 spiro atoms. The minimum Gasteiger partial charge on any atom is -0.319 e. The van der Waals surface area contributed by atoms with Crippen LogP contribution in [0.5, 0.6) is 0 Å². The van der Waals surface area contributed by atoms with Crippen molar-refractivity contribution in [1.82, 2.24) is 5.32 Å². The molecule has 2 aliphatic rings. The second kappa shape index (κ2) is 4.06. The van der Waals surface area contributed by atoms with Crippen LogP contribution < -0.4 is 5.32 Å². The van der Waals surface area contributed by atoms with E-state index in [9.17, 15) is 0 Å². The molecule has 1 N–H and O–H groups in total. The van der Waals surface area contributed by atoms with E-state index in [4.69, 9.17) is 0 Å². The summed E-state index contributed by atoms with van der Waals surface area (Å²) in [6.45, 7) is 3.58. The number of nitrogens with one attached hydrogen (secondary N) is 1. The molecule has 0 heterocycles. The van der Waals surface area contributed by atoms with Crippen LogP contribution in [0, 0.1) is 11.3 Å². The van der Waals surface area contributed by atoms with Crippen molar-refractivity contribution in [3.05, 3.63) is 11.6 Å². The van der Waals surface area contributed by atoms with E-state index in [1.807, 2.05) is 0 Å². The van der Waals surface area contributed by atoms with E-state index < -0.39 is 0 Å². The van der Waals surface area contributed by atoms with Crippen molar-refractivity contribution in [1.29, 1.82) is 0 Å². The van der Waals surface area contributed by atoms with Gasteiger partial charge in [-0.25, -0.2) is 0 Å². The van der Waals surface area contributed by atoms with Crippen LogP contribution in [0.2, 0.25) is 0 Å². The Morgan fingerprint density at radius 3 is 2.71 bits per heavy atom. The molecule has 14 heavy (non-hydrogen) atoms. The molecular weight excluding hydrogens is 170 g/mol. The van der Waals surface area contributed by atoms with Crippen LogP contribution >= 0.6 is 0 Å². The summed E-state index contributed by atoms with van der Waals surface area (Å²) in [5, 5.41) is 3.39. The summed E-state index contributed by atoms with van der Waals surface area (Å²) < 4.78 is 0. The zero-order valence-corrected chi connectivity index (χ0v) is 9.60. The van der Waals surface area contributed by atoms with Crippen molar-refractivity contribution in [3.8, 4) is 0 Å². The summed E-state index contributed by atoms with van der Waals surface area (Å²) in [4.78, 5) is 0. The lowest BCUT2D eigenvalue weighted by atomic mass is 9.57. The van der Waals surface area contributed by atoms with Crippen LogP contribution in [0.15, 0.2) is 11.6 Å². The van der Waals surface area contributed by atoms with E-state index in [1.54, 1.807) is 5.57 Å². The Labute approximate surface area is 88.0 Å². The highest BCUT2D eigenvalue weighted by Crippen LogP contribution is 2.52. The largest absolute Gasteiger partial charge is 0.319 e. The molecule has 80 valence electrons. The van der Waals surface area contributed by atoms with Crippen LogP contribution in [-0.4, -0.2) is 13.6 Å². The molecule has 1 fully saturated rings. The molecule has 0 amide bonds. The SMILES string of the molecule is CNCC1(C2=CCCCC2)CC(C)C1. The van der Waals surface area contributed by atoms with Crippen LogP contribution in [0.3, 0.4) is 0 Å². The maximum Gasteiger partial charge on any atom is 0.00424 e. The third kappa shape index (κ3) is 1.75. The molecule has 0 saturated heterocycles. The highest BCUT2D eigenvalue weighted by atomic mass is 14.8. The second-order valence-electron chi connectivity index (χ2n) is 5.30. The predicted molar refractivity (Wildman–Crippen MR) is 61.3 cm³/mol. The second-order valence-corrected chi connectivity index (χ2v) is 5.30. The first-order valence-corrected chi connectivity index (χ1v) is 6.11. The monoisotopic (exact) mass is 193 g/mol. The number of hydrogen-bond donors (Lipinski definition) is 1. The van der Waals surface area contributed by atoms with Crippen molar-refractivity contribution in [3.63, 3.8) is 0 Å². The summed E-state index contributed by atoms with van der Waals surface area (Å²) in [6, 6.07) is 0. The summed E-state index contributed by atoms with van der Waals surface area (Å²) >= 11 is 0. The predicted octanol–water partition coefficient (Wildman–Crippen LogP) is 3.12. The summed E-state index contributed by atoms with van der Waals surface area (Å²) in [5.41, 5.74) is 2.34. The van der Waals surface area contributed by atoms with Crippen molar-refractivity contribution >= 4 is 0 Å². The highest BCUT2D eigenvalue weighted by Gasteiger charge is 2.43. The van der Waals surface area contributed by atoms with Crippen molar-refractivity contribution in [2.24, 2.45) is 11.3 Å². The third-order valence-electron chi connectivity index (χ3n) is 3.97. The molecule has 0 aromatic rings. The molecule has 0 bridgehead atoms. The van der Waals surface area contributed by atoms with Crippen LogP contribution in [0.4, 0.5) is 0 Å². The topological polar surface area (TPSA) is 12.0 Å². The summed E-state index contributed by atoms with van der Waals surface area (Å²) in [6.07, 6.45) is 10.9. The molecule has 0 radical (unpaired) electrons. The molecule has 0 unspecified atom stereocenters. The van der Waals surface area contributed by atoms with Crippen LogP contribution in [0.1, 0.15) is 45.4 Å². The first-order valence-electron chi connectivity index (χ1n) is 6.11. The number of allylic oxidation sites excluding steroid dienone is 1. The molecule has 2 aliphatic carbocycles. The van der Waals surface area contributed by atoms with Crippen molar-refractivity contribution in [2.75, 3.05) is 13.6 Å².